The Kier molecular flexibility index (Phi) is 6.12. The molecule has 3 rings (SSSR count). The zero-order valence-corrected chi connectivity index (χ0v) is 16.4. The van der Waals surface area contributed by atoms with Gasteiger partial charge in [-0.3, -0.25) is 0 Å². The van der Waals surface area contributed by atoms with Crippen LogP contribution in [0.2, 0.25) is 0 Å². The van der Waals surface area contributed by atoms with Gasteiger partial charge in [0.05, 0.1) is 16.2 Å². The fraction of sp³-hybridized carbons (Fsp3) is 0.333. The first-order chi connectivity index (χ1) is 12.8. The maximum Gasteiger partial charge on any atom is 0.387 e. The van der Waals surface area contributed by atoms with E-state index in [9.17, 15) is 21.6 Å². The molecule has 1 aliphatic heterocycles. The third-order valence-corrected chi connectivity index (χ3v) is 7.05. The molecular formula is C18H16BrF3O4S. The Morgan fingerprint density at radius 2 is 1.96 bits per heavy atom. The van der Waals surface area contributed by atoms with Crippen LogP contribution in [-0.4, -0.2) is 26.9 Å². The highest BCUT2D eigenvalue weighted by atomic mass is 79.9. The van der Waals surface area contributed by atoms with E-state index in [1.54, 1.807) is 12.1 Å². The lowest BCUT2D eigenvalue weighted by atomic mass is 10.0. The maximum absolute atomic E-state index is 14.2. The van der Waals surface area contributed by atoms with Gasteiger partial charge in [-0.25, -0.2) is 12.8 Å². The van der Waals surface area contributed by atoms with Gasteiger partial charge in [-0.05, 0) is 43.2 Å². The first-order valence-corrected chi connectivity index (χ1v) is 10.5. The summed E-state index contributed by atoms with van der Waals surface area (Å²) in [7, 11) is -3.82. The van der Waals surface area contributed by atoms with E-state index in [2.05, 4.69) is 20.7 Å². The van der Waals surface area contributed by atoms with Crippen LogP contribution in [0.25, 0.3) is 0 Å². The Balaban J connectivity index is 1.84. The molecule has 1 aliphatic rings. The second-order valence-electron chi connectivity index (χ2n) is 6.07. The molecular weight excluding hydrogens is 449 g/mol. The van der Waals surface area contributed by atoms with Crippen LogP contribution in [-0.2, 0) is 14.6 Å². The Labute approximate surface area is 163 Å². The number of halogens is 4. The average molecular weight is 465 g/mol. The third-order valence-electron chi connectivity index (χ3n) is 4.34. The van der Waals surface area contributed by atoms with Gasteiger partial charge in [-0.1, -0.05) is 28.1 Å². The summed E-state index contributed by atoms with van der Waals surface area (Å²) >= 11 is 3.18. The predicted octanol–water partition coefficient (Wildman–Crippen LogP) is 4.88. The molecule has 0 N–H and O–H groups in total. The molecule has 0 bridgehead atoms. The van der Waals surface area contributed by atoms with Crippen molar-refractivity contribution in [2.45, 2.75) is 35.7 Å². The van der Waals surface area contributed by atoms with Gasteiger partial charge in [0.25, 0.3) is 0 Å². The summed E-state index contributed by atoms with van der Waals surface area (Å²) < 4.78 is 75.3. The Bertz CT molecular complexity index is 921. The van der Waals surface area contributed by atoms with Crippen molar-refractivity contribution in [3.63, 3.8) is 0 Å². The molecule has 0 aliphatic carbocycles. The second-order valence-corrected chi connectivity index (χ2v) is 9.21. The van der Waals surface area contributed by atoms with Gasteiger partial charge in [0.1, 0.15) is 11.6 Å². The lowest BCUT2D eigenvalue weighted by Crippen LogP contribution is -2.31. The number of hydrogen-bond acceptors (Lipinski definition) is 4. The van der Waals surface area contributed by atoms with E-state index in [0.717, 1.165) is 6.07 Å². The maximum atomic E-state index is 14.2. The van der Waals surface area contributed by atoms with Crippen molar-refractivity contribution in [2.24, 2.45) is 0 Å². The van der Waals surface area contributed by atoms with Crippen LogP contribution in [0.4, 0.5) is 13.2 Å². The van der Waals surface area contributed by atoms with Crippen LogP contribution >= 0.6 is 15.9 Å². The van der Waals surface area contributed by atoms with Crippen LogP contribution in [0.5, 0.6) is 5.75 Å². The van der Waals surface area contributed by atoms with E-state index >= 15 is 0 Å². The number of alkyl halides is 2. The van der Waals surface area contributed by atoms with E-state index in [0.29, 0.717) is 4.47 Å². The van der Waals surface area contributed by atoms with Crippen LogP contribution in [0.3, 0.4) is 0 Å². The van der Waals surface area contributed by atoms with Crippen molar-refractivity contribution in [1.82, 2.24) is 0 Å². The summed E-state index contributed by atoms with van der Waals surface area (Å²) in [6.07, 6.45) is -0.398. The van der Waals surface area contributed by atoms with E-state index in [4.69, 9.17) is 4.74 Å². The molecule has 27 heavy (non-hydrogen) atoms. The largest absolute Gasteiger partial charge is 0.435 e. The molecule has 9 heteroatoms. The van der Waals surface area contributed by atoms with Crippen molar-refractivity contribution in [1.29, 1.82) is 0 Å². The van der Waals surface area contributed by atoms with Crippen molar-refractivity contribution in [3.8, 4) is 5.75 Å². The van der Waals surface area contributed by atoms with Gasteiger partial charge >= 0.3 is 6.61 Å². The fourth-order valence-electron chi connectivity index (χ4n) is 3.05. The molecule has 146 valence electrons. The van der Waals surface area contributed by atoms with E-state index in [1.807, 2.05) is 0 Å². The van der Waals surface area contributed by atoms with E-state index in [1.165, 1.54) is 24.3 Å². The normalized spacial score (nSPS) is 20.6. The molecule has 0 amide bonds. The molecule has 0 spiro atoms. The molecule has 1 heterocycles. The van der Waals surface area contributed by atoms with Gasteiger partial charge in [-0.15, -0.1) is 0 Å². The number of benzene rings is 2. The van der Waals surface area contributed by atoms with E-state index < -0.39 is 33.6 Å². The molecule has 2 unspecified atom stereocenters. The van der Waals surface area contributed by atoms with Gasteiger partial charge in [0, 0.05) is 16.6 Å². The molecule has 2 aromatic rings. The molecule has 0 saturated carbocycles. The van der Waals surface area contributed by atoms with Crippen LogP contribution in [0, 0.1) is 5.82 Å². The van der Waals surface area contributed by atoms with Crippen molar-refractivity contribution in [3.05, 3.63) is 58.3 Å². The second kappa shape index (κ2) is 8.20. The minimum Gasteiger partial charge on any atom is -0.435 e. The summed E-state index contributed by atoms with van der Waals surface area (Å²) in [6, 6.07) is 9.51. The number of sulfone groups is 1. The zero-order valence-electron chi connectivity index (χ0n) is 13.9. The quantitative estimate of drug-likeness (QED) is 0.632. The Morgan fingerprint density at radius 1 is 1.19 bits per heavy atom. The minimum absolute atomic E-state index is 0.0703. The van der Waals surface area contributed by atoms with Crippen LogP contribution in [0.15, 0.2) is 51.8 Å². The monoisotopic (exact) mass is 464 g/mol. The van der Waals surface area contributed by atoms with E-state index in [-0.39, 0.29) is 35.7 Å². The summed E-state index contributed by atoms with van der Waals surface area (Å²) in [4.78, 5) is -0.109. The number of hydrogen-bond donors (Lipinski definition) is 0. The molecule has 2 atom stereocenters. The smallest absolute Gasteiger partial charge is 0.387 e. The number of rotatable bonds is 5. The minimum atomic E-state index is -3.82. The predicted molar refractivity (Wildman–Crippen MR) is 96.1 cm³/mol. The topological polar surface area (TPSA) is 52.6 Å². The number of ether oxygens (including phenoxy) is 2. The first kappa shape index (κ1) is 20.2. The zero-order chi connectivity index (χ0) is 19.6. The van der Waals surface area contributed by atoms with Gasteiger partial charge < -0.3 is 9.47 Å². The van der Waals surface area contributed by atoms with Gasteiger partial charge in [0.15, 0.2) is 9.84 Å². The SMILES string of the molecule is O=S(=O)(c1cccc(OC(F)F)c1)C1CCOC(c2ccc(Br)cc2F)C1. The molecule has 1 fully saturated rings. The highest BCUT2D eigenvalue weighted by Gasteiger charge is 2.35. The standard InChI is InChI=1S/C18H16BrF3O4S/c19-11-4-5-15(16(20)8-11)17-10-14(6-7-25-17)27(23,24)13-3-1-2-12(9-13)26-18(21)22/h1-5,8-9,14,17-18H,6-7,10H2. The summed E-state index contributed by atoms with van der Waals surface area (Å²) in [6.45, 7) is -2.90. The lowest BCUT2D eigenvalue weighted by molar-refractivity contribution is -0.0499. The Morgan fingerprint density at radius 3 is 2.67 bits per heavy atom. The van der Waals surface area contributed by atoms with Gasteiger partial charge in [0.2, 0.25) is 0 Å². The highest BCUT2D eigenvalue weighted by molar-refractivity contribution is 9.10. The molecule has 4 nitrogen and oxygen atoms in total. The average Bonchev–Trinajstić information content (AvgIpc) is 2.61. The van der Waals surface area contributed by atoms with Crippen molar-refractivity contribution < 1.29 is 31.1 Å². The lowest BCUT2D eigenvalue weighted by Gasteiger charge is -2.30. The summed E-state index contributed by atoms with van der Waals surface area (Å²) in [5.74, 6) is -0.714. The summed E-state index contributed by atoms with van der Waals surface area (Å²) in [5.41, 5.74) is 0.285. The Hall–Kier alpha value is -1.58. The molecule has 0 radical (unpaired) electrons. The molecule has 1 saturated heterocycles. The molecule has 0 aromatic heterocycles. The van der Waals surface area contributed by atoms with Crippen LogP contribution < -0.4 is 4.74 Å². The fourth-order valence-corrected chi connectivity index (χ4v) is 5.15. The highest BCUT2D eigenvalue weighted by Crippen LogP contribution is 2.36. The van der Waals surface area contributed by atoms with Crippen LogP contribution in [0.1, 0.15) is 24.5 Å². The van der Waals surface area contributed by atoms with Crippen molar-refractivity contribution in [2.75, 3.05) is 6.61 Å². The third kappa shape index (κ3) is 4.64. The van der Waals surface area contributed by atoms with Crippen molar-refractivity contribution >= 4 is 25.8 Å². The first-order valence-electron chi connectivity index (χ1n) is 8.12. The van der Waals surface area contributed by atoms with Gasteiger partial charge in [-0.2, -0.15) is 8.78 Å². The molecule has 2 aromatic carbocycles. The summed E-state index contributed by atoms with van der Waals surface area (Å²) in [5, 5.41) is -0.818.